The molecule has 1 atom stereocenters. The molecule has 35 heavy (non-hydrogen) atoms. The summed E-state index contributed by atoms with van der Waals surface area (Å²) in [5.41, 5.74) is 12.8. The quantitative estimate of drug-likeness (QED) is 0.599. The third-order valence-corrected chi connectivity index (χ3v) is 7.50. The Balaban J connectivity index is 1.38. The summed E-state index contributed by atoms with van der Waals surface area (Å²) in [5, 5.41) is 10.2. The van der Waals surface area contributed by atoms with Crippen molar-refractivity contribution in [2.45, 2.75) is 44.8 Å². The Morgan fingerprint density at radius 1 is 1.20 bits per heavy atom. The van der Waals surface area contributed by atoms with Gasteiger partial charge in [-0.2, -0.15) is 5.26 Å². The first-order chi connectivity index (χ1) is 16.8. The van der Waals surface area contributed by atoms with Gasteiger partial charge in [-0.1, -0.05) is 36.2 Å². The number of piperidine rings is 1. The fourth-order valence-electron chi connectivity index (χ4n) is 5.15. The van der Waals surface area contributed by atoms with Crippen LogP contribution < -0.4 is 16.4 Å². The predicted molar refractivity (Wildman–Crippen MR) is 137 cm³/mol. The zero-order valence-electron chi connectivity index (χ0n) is 19.8. The molecule has 0 aliphatic carbocycles. The van der Waals surface area contributed by atoms with Gasteiger partial charge in [0.15, 0.2) is 22.5 Å². The van der Waals surface area contributed by atoms with Gasteiger partial charge in [0.05, 0.1) is 11.6 Å². The lowest BCUT2D eigenvalue weighted by atomic mass is 9.97. The Labute approximate surface area is 215 Å². The summed E-state index contributed by atoms with van der Waals surface area (Å²) in [6.45, 7) is 7.31. The first kappa shape index (κ1) is 25.5. The molecule has 0 unspecified atom stereocenters. The largest absolute Gasteiger partial charge is 0.382 e. The number of nitrogens with zero attached hydrogens (tertiary/aromatic N) is 6. The minimum Gasteiger partial charge on any atom is -0.382 e. The minimum absolute atomic E-state index is 0.00000663. The molecule has 2 saturated heterocycles. The monoisotopic (exact) mass is 516 g/mol. The van der Waals surface area contributed by atoms with Gasteiger partial charge in [-0.15, -0.1) is 0 Å². The SMILES string of the molecule is CC[C@H]1CN(c2nc(N)c(C(N)=O)nc2Cl)CCN1C1CCN(Cc2ccc(Cl)cc2C#N)CC1. The van der Waals surface area contributed by atoms with E-state index in [-0.39, 0.29) is 16.7 Å². The van der Waals surface area contributed by atoms with Gasteiger partial charge in [0, 0.05) is 43.3 Å². The number of amides is 1. The Kier molecular flexibility index (Phi) is 7.97. The zero-order valence-corrected chi connectivity index (χ0v) is 21.3. The number of anilines is 2. The summed E-state index contributed by atoms with van der Waals surface area (Å²) in [4.78, 5) is 27.0. The number of hydrogen-bond acceptors (Lipinski definition) is 8. The molecule has 186 valence electrons. The van der Waals surface area contributed by atoms with Crippen molar-refractivity contribution in [3.8, 4) is 6.07 Å². The Morgan fingerprint density at radius 3 is 2.60 bits per heavy atom. The highest BCUT2D eigenvalue weighted by Crippen LogP contribution is 2.30. The second-order valence-corrected chi connectivity index (χ2v) is 9.90. The number of nitriles is 1. The number of carbonyl (C=O) groups excluding carboxylic acids is 1. The van der Waals surface area contributed by atoms with Gasteiger partial charge in [0.1, 0.15) is 0 Å². The average molecular weight is 517 g/mol. The molecule has 2 aliphatic rings. The number of nitrogens with two attached hydrogens (primary N) is 2. The van der Waals surface area contributed by atoms with Crippen LogP contribution in [0.4, 0.5) is 11.6 Å². The number of piperazine rings is 1. The molecule has 11 heteroatoms. The van der Waals surface area contributed by atoms with Crippen LogP contribution in [-0.2, 0) is 6.54 Å². The summed E-state index contributed by atoms with van der Waals surface area (Å²) < 4.78 is 0. The van der Waals surface area contributed by atoms with Crippen molar-refractivity contribution in [1.82, 2.24) is 19.8 Å². The van der Waals surface area contributed by atoms with Crippen molar-refractivity contribution in [3.05, 3.63) is 45.2 Å². The van der Waals surface area contributed by atoms with Crippen molar-refractivity contribution in [1.29, 1.82) is 5.26 Å². The number of rotatable bonds is 6. The van der Waals surface area contributed by atoms with Gasteiger partial charge in [0.25, 0.3) is 5.91 Å². The molecule has 4 rings (SSSR count). The van der Waals surface area contributed by atoms with Crippen molar-refractivity contribution in [2.24, 2.45) is 5.73 Å². The predicted octanol–water partition coefficient (Wildman–Crippen LogP) is 2.90. The maximum atomic E-state index is 11.5. The smallest absolute Gasteiger partial charge is 0.271 e. The van der Waals surface area contributed by atoms with Crippen molar-refractivity contribution in [3.63, 3.8) is 0 Å². The summed E-state index contributed by atoms with van der Waals surface area (Å²) in [7, 11) is 0. The van der Waals surface area contributed by atoms with E-state index in [4.69, 9.17) is 34.7 Å². The van der Waals surface area contributed by atoms with E-state index < -0.39 is 5.91 Å². The van der Waals surface area contributed by atoms with Crippen molar-refractivity contribution >= 4 is 40.7 Å². The maximum absolute atomic E-state index is 11.5. The number of likely N-dealkylation sites (tertiary alicyclic amines) is 1. The summed E-state index contributed by atoms with van der Waals surface area (Å²) >= 11 is 12.4. The third kappa shape index (κ3) is 5.62. The molecule has 2 aliphatic heterocycles. The molecule has 4 N–H and O–H groups in total. The highest BCUT2D eigenvalue weighted by Gasteiger charge is 2.34. The number of aromatic nitrogens is 2. The van der Waals surface area contributed by atoms with Crippen LogP contribution in [0.25, 0.3) is 0 Å². The van der Waals surface area contributed by atoms with Crippen molar-refractivity contribution in [2.75, 3.05) is 43.4 Å². The van der Waals surface area contributed by atoms with Gasteiger partial charge in [-0.3, -0.25) is 14.6 Å². The van der Waals surface area contributed by atoms with E-state index in [1.807, 2.05) is 12.1 Å². The number of halogens is 2. The zero-order chi connectivity index (χ0) is 25.1. The molecule has 1 aromatic heterocycles. The van der Waals surface area contributed by atoms with Crippen LogP contribution in [0.5, 0.6) is 0 Å². The fraction of sp³-hybridized carbons (Fsp3) is 0.500. The molecule has 2 fully saturated rings. The Morgan fingerprint density at radius 2 is 1.94 bits per heavy atom. The highest BCUT2D eigenvalue weighted by atomic mass is 35.5. The van der Waals surface area contributed by atoms with Gasteiger partial charge in [-0.25, -0.2) is 9.97 Å². The highest BCUT2D eigenvalue weighted by molar-refractivity contribution is 6.32. The van der Waals surface area contributed by atoms with Crippen LogP contribution in [0.3, 0.4) is 0 Å². The van der Waals surface area contributed by atoms with Crippen LogP contribution >= 0.6 is 23.2 Å². The number of hydrogen-bond donors (Lipinski definition) is 2. The summed E-state index contributed by atoms with van der Waals surface area (Å²) in [6, 6.07) is 8.65. The minimum atomic E-state index is -0.744. The van der Waals surface area contributed by atoms with Crippen LogP contribution in [0.2, 0.25) is 10.2 Å². The molecule has 1 amide bonds. The van der Waals surface area contributed by atoms with Crippen LogP contribution in [0.15, 0.2) is 18.2 Å². The van der Waals surface area contributed by atoms with Gasteiger partial charge in [0.2, 0.25) is 0 Å². The normalized spacial score (nSPS) is 20.1. The maximum Gasteiger partial charge on any atom is 0.271 e. The summed E-state index contributed by atoms with van der Waals surface area (Å²) in [5.74, 6) is -0.246. The Hall–Kier alpha value is -2.64. The van der Waals surface area contributed by atoms with Gasteiger partial charge in [-0.05, 0) is 50.0 Å². The molecule has 9 nitrogen and oxygen atoms in total. The van der Waals surface area contributed by atoms with E-state index in [0.717, 1.165) is 64.1 Å². The van der Waals surface area contributed by atoms with Crippen LogP contribution in [0.1, 0.15) is 47.8 Å². The average Bonchev–Trinajstić information content (AvgIpc) is 2.86. The molecular formula is C24H30Cl2N8O. The number of benzene rings is 1. The molecule has 0 bridgehead atoms. The first-order valence-corrected chi connectivity index (χ1v) is 12.6. The topological polar surface area (TPSA) is 128 Å². The van der Waals surface area contributed by atoms with E-state index in [1.165, 1.54) is 0 Å². The fourth-order valence-corrected chi connectivity index (χ4v) is 5.57. The standard InChI is InChI=1S/C24H30Cl2N8O/c1-2-18-14-33(24-21(26)30-20(23(29)35)22(28)31-24)9-10-34(18)19-5-7-32(8-6-19)13-15-3-4-17(25)11-16(15)12-27/h3-4,11,18-19H,2,5-10,13-14H2,1H3,(H2,28,31)(H2,29,35)/t18-/m0/s1. The second kappa shape index (κ2) is 11.0. The van der Waals surface area contributed by atoms with E-state index in [2.05, 4.69) is 37.7 Å². The number of primary amides is 1. The molecule has 2 aromatic rings. The summed E-state index contributed by atoms with van der Waals surface area (Å²) in [6.07, 6.45) is 3.15. The van der Waals surface area contributed by atoms with Crippen LogP contribution in [0, 0.1) is 11.3 Å². The van der Waals surface area contributed by atoms with Crippen LogP contribution in [-0.4, -0.2) is 70.5 Å². The lowest BCUT2D eigenvalue weighted by Crippen LogP contribution is -2.58. The lowest BCUT2D eigenvalue weighted by molar-refractivity contribution is 0.0610. The second-order valence-electron chi connectivity index (χ2n) is 9.10. The molecule has 0 saturated carbocycles. The first-order valence-electron chi connectivity index (χ1n) is 11.8. The molecular weight excluding hydrogens is 487 g/mol. The molecule has 0 radical (unpaired) electrons. The molecule has 3 heterocycles. The number of carbonyl (C=O) groups is 1. The van der Waals surface area contributed by atoms with Gasteiger partial charge < -0.3 is 16.4 Å². The molecule has 1 aromatic carbocycles. The van der Waals surface area contributed by atoms with E-state index in [0.29, 0.717) is 28.5 Å². The molecule has 0 spiro atoms. The van der Waals surface area contributed by atoms with Crippen molar-refractivity contribution < 1.29 is 4.79 Å². The lowest BCUT2D eigenvalue weighted by Gasteiger charge is -2.47. The van der Waals surface area contributed by atoms with Gasteiger partial charge >= 0.3 is 0 Å². The van der Waals surface area contributed by atoms with E-state index in [9.17, 15) is 10.1 Å². The third-order valence-electron chi connectivity index (χ3n) is 7.01. The van der Waals surface area contributed by atoms with E-state index >= 15 is 0 Å². The van der Waals surface area contributed by atoms with E-state index in [1.54, 1.807) is 6.07 Å². The number of nitrogen functional groups attached to an aromatic ring is 1. The Bertz CT molecular complexity index is 1130.